The van der Waals surface area contributed by atoms with Crippen LogP contribution in [0.3, 0.4) is 0 Å². The van der Waals surface area contributed by atoms with Crippen LogP contribution in [0.1, 0.15) is 72.8 Å². The molecular weight excluding hydrogens is 780 g/mol. The van der Waals surface area contributed by atoms with Crippen molar-refractivity contribution >= 4 is 53.1 Å². The summed E-state index contributed by atoms with van der Waals surface area (Å²) < 4.78 is 0. The number of carbonyl (C=O) groups is 9. The van der Waals surface area contributed by atoms with E-state index in [0.717, 1.165) is 0 Å². The molecule has 8 N–H and O–H groups in total. The normalized spacial score (nSPS) is 18.2. The Labute approximate surface area is 349 Å². The van der Waals surface area contributed by atoms with Gasteiger partial charge in [0.2, 0.25) is 41.4 Å². The van der Waals surface area contributed by atoms with E-state index in [2.05, 4.69) is 31.9 Å². The van der Waals surface area contributed by atoms with Crippen LogP contribution < -0.4 is 31.9 Å². The van der Waals surface area contributed by atoms with Gasteiger partial charge in [0.05, 0.1) is 26.2 Å². The molecule has 19 nitrogen and oxygen atoms in total. The van der Waals surface area contributed by atoms with E-state index in [9.17, 15) is 53.4 Å². The monoisotopic (exact) mass is 840 g/mol. The van der Waals surface area contributed by atoms with Crippen LogP contribution in [0.15, 0.2) is 42.1 Å². The zero-order valence-corrected chi connectivity index (χ0v) is 35.1. The van der Waals surface area contributed by atoms with Crippen molar-refractivity contribution in [2.24, 2.45) is 11.8 Å². The molecule has 1 aromatic rings. The molecule has 0 saturated carbocycles. The smallest absolute Gasteiger partial charge is 0.326 e. The Kier molecular flexibility index (Phi) is 18.7. The SMILES string of the molecule is CC[C@H](C)[C@H](NC(C)=O)C(=O)N1CC(=O)C=C(N[C@@H](CC(C)C)C(=O)N2CCC[C@@H]2C(=O)N[C@@H](C)C(=O)N[C@@H](CO)C(=O)NCC(=O)N[C@@H](Cc2ccccc2)C(=O)O)C1. The lowest BCUT2D eigenvalue weighted by atomic mass is 9.96. The van der Waals surface area contributed by atoms with Crippen molar-refractivity contribution in [1.82, 2.24) is 41.7 Å². The van der Waals surface area contributed by atoms with Gasteiger partial charge in [-0.1, -0.05) is 64.4 Å². The molecule has 0 radical (unpaired) electrons. The molecule has 60 heavy (non-hydrogen) atoms. The maximum Gasteiger partial charge on any atom is 0.326 e. The fourth-order valence-electron chi connectivity index (χ4n) is 6.95. The molecule has 7 atom stereocenters. The average Bonchev–Trinajstić information content (AvgIpc) is 3.70. The molecule has 0 bridgehead atoms. The number of likely N-dealkylation sites (tertiary alicyclic amines) is 1. The minimum absolute atomic E-state index is 0.00153. The van der Waals surface area contributed by atoms with Crippen molar-refractivity contribution in [3.63, 3.8) is 0 Å². The van der Waals surface area contributed by atoms with Gasteiger partial charge in [-0.05, 0) is 43.6 Å². The van der Waals surface area contributed by atoms with Crippen LogP contribution in [-0.2, 0) is 49.6 Å². The highest BCUT2D eigenvalue weighted by Crippen LogP contribution is 2.22. The highest BCUT2D eigenvalue weighted by molar-refractivity contribution is 5.98. The number of aliphatic carboxylic acids is 1. The first-order chi connectivity index (χ1) is 28.3. The minimum Gasteiger partial charge on any atom is -0.480 e. The van der Waals surface area contributed by atoms with Crippen LogP contribution in [0.4, 0.5) is 0 Å². The Balaban J connectivity index is 1.60. The molecule has 2 aliphatic heterocycles. The number of aliphatic hydroxyl groups is 1. The molecule has 330 valence electrons. The van der Waals surface area contributed by atoms with Gasteiger partial charge in [-0.2, -0.15) is 0 Å². The highest BCUT2D eigenvalue weighted by Gasteiger charge is 2.40. The maximum absolute atomic E-state index is 14.1. The molecule has 7 amide bonds. The molecule has 1 saturated heterocycles. The molecule has 1 aromatic carbocycles. The number of carboxylic acid groups (broad SMARTS) is 1. The van der Waals surface area contributed by atoms with Gasteiger partial charge >= 0.3 is 5.97 Å². The van der Waals surface area contributed by atoms with E-state index in [-0.39, 0.29) is 49.6 Å². The van der Waals surface area contributed by atoms with E-state index in [1.165, 1.54) is 29.7 Å². The third-order valence-electron chi connectivity index (χ3n) is 10.3. The summed E-state index contributed by atoms with van der Waals surface area (Å²) in [6.07, 6.45) is 3.07. The van der Waals surface area contributed by atoms with Gasteiger partial charge < -0.3 is 51.9 Å². The quantitative estimate of drug-likeness (QED) is 0.0721. The number of aliphatic hydroxyl groups excluding tert-OH is 1. The Hall–Kier alpha value is -5.85. The summed E-state index contributed by atoms with van der Waals surface area (Å²) in [6.45, 7) is 8.76. The van der Waals surface area contributed by atoms with Crippen LogP contribution in [0.5, 0.6) is 0 Å². The molecular formula is C41H60N8O11. The third-order valence-corrected chi connectivity index (χ3v) is 10.3. The lowest BCUT2D eigenvalue weighted by molar-refractivity contribution is -0.142. The van der Waals surface area contributed by atoms with Crippen molar-refractivity contribution in [2.45, 2.75) is 110 Å². The molecule has 0 unspecified atom stereocenters. The van der Waals surface area contributed by atoms with Crippen LogP contribution in [0.25, 0.3) is 0 Å². The lowest BCUT2D eigenvalue weighted by Gasteiger charge is -2.35. The fourth-order valence-corrected chi connectivity index (χ4v) is 6.95. The Morgan fingerprint density at radius 1 is 0.850 bits per heavy atom. The number of nitrogens with one attached hydrogen (secondary N) is 6. The predicted molar refractivity (Wildman–Crippen MR) is 217 cm³/mol. The Bertz CT molecular complexity index is 1770. The Morgan fingerprint density at radius 2 is 1.53 bits per heavy atom. The summed E-state index contributed by atoms with van der Waals surface area (Å²) in [5, 5.41) is 34.7. The van der Waals surface area contributed by atoms with Gasteiger partial charge in [0.15, 0.2) is 5.78 Å². The number of amides is 7. The van der Waals surface area contributed by atoms with Gasteiger partial charge in [-0.15, -0.1) is 0 Å². The first kappa shape index (κ1) is 48.5. The van der Waals surface area contributed by atoms with Crippen LogP contribution >= 0.6 is 0 Å². The van der Waals surface area contributed by atoms with Crippen molar-refractivity contribution < 1.29 is 53.4 Å². The lowest BCUT2D eigenvalue weighted by Crippen LogP contribution is -2.58. The zero-order valence-electron chi connectivity index (χ0n) is 35.1. The van der Waals surface area contributed by atoms with Crippen LogP contribution in [0, 0.1) is 11.8 Å². The van der Waals surface area contributed by atoms with Crippen LogP contribution in [-0.4, -0.2) is 142 Å². The molecule has 0 spiro atoms. The van der Waals surface area contributed by atoms with Gasteiger partial charge in [0.25, 0.3) is 0 Å². The van der Waals surface area contributed by atoms with Crippen LogP contribution in [0.2, 0.25) is 0 Å². The van der Waals surface area contributed by atoms with Gasteiger partial charge in [-0.3, -0.25) is 38.4 Å². The van der Waals surface area contributed by atoms with E-state index in [1.807, 2.05) is 27.7 Å². The van der Waals surface area contributed by atoms with E-state index >= 15 is 0 Å². The number of hydrogen-bond acceptors (Lipinski definition) is 11. The maximum atomic E-state index is 14.1. The van der Waals surface area contributed by atoms with E-state index < -0.39 is 90.8 Å². The van der Waals surface area contributed by atoms with Crippen molar-refractivity contribution in [3.8, 4) is 0 Å². The van der Waals surface area contributed by atoms with Gasteiger partial charge in [0, 0.05) is 31.7 Å². The van der Waals surface area contributed by atoms with E-state index in [0.29, 0.717) is 36.9 Å². The molecule has 1 fully saturated rings. The molecule has 2 aliphatic rings. The predicted octanol–water partition coefficient (Wildman–Crippen LogP) is -1.26. The largest absolute Gasteiger partial charge is 0.480 e. The standard InChI is InChI=1S/C41H60N8O11/c1-7-24(4)35(44-26(6)51)40(58)48-20-28(18-29(52)21-48)45-30(16-23(2)3)39(57)49-15-11-14-33(49)38(56)43-25(5)36(54)47-32(22-50)37(55)42-19-34(53)46-31(41(59)60)17-27-12-9-8-10-13-27/h8-10,12-13,18,23-25,30-33,35,45,50H,7,11,14-17,19-22H2,1-6H3,(H,42,55)(H,43,56)(H,44,51)(H,46,53)(H,47,54)(H,59,60)/t24-,25-,30-,31-,32-,33+,35-/m0/s1. The molecule has 2 heterocycles. The summed E-state index contributed by atoms with van der Waals surface area (Å²) >= 11 is 0. The molecule has 19 heteroatoms. The summed E-state index contributed by atoms with van der Waals surface area (Å²) in [5.74, 6) is -6.26. The number of benzene rings is 1. The van der Waals surface area contributed by atoms with Crippen molar-refractivity contribution in [1.29, 1.82) is 0 Å². The second kappa shape index (κ2) is 23.1. The number of carboxylic acids is 1. The third kappa shape index (κ3) is 14.5. The van der Waals surface area contributed by atoms with Crippen molar-refractivity contribution in [2.75, 3.05) is 32.8 Å². The fraction of sp³-hybridized carbons (Fsp3) is 0.585. The topological polar surface area (TPSA) is 273 Å². The Morgan fingerprint density at radius 3 is 2.13 bits per heavy atom. The molecule has 3 rings (SSSR count). The highest BCUT2D eigenvalue weighted by atomic mass is 16.4. The zero-order chi connectivity index (χ0) is 44.7. The average molecular weight is 841 g/mol. The number of ketones is 1. The second-order valence-electron chi connectivity index (χ2n) is 15.7. The first-order valence-electron chi connectivity index (χ1n) is 20.3. The summed E-state index contributed by atoms with van der Waals surface area (Å²) in [4.78, 5) is 119. The first-order valence-corrected chi connectivity index (χ1v) is 20.3. The molecule has 0 aromatic heterocycles. The second-order valence-corrected chi connectivity index (χ2v) is 15.7. The van der Waals surface area contributed by atoms with E-state index in [4.69, 9.17) is 0 Å². The minimum atomic E-state index is -1.52. The molecule has 0 aliphatic carbocycles. The van der Waals surface area contributed by atoms with Crippen molar-refractivity contribution in [3.05, 3.63) is 47.7 Å². The number of hydrogen-bond donors (Lipinski definition) is 8. The van der Waals surface area contributed by atoms with Gasteiger partial charge in [-0.25, -0.2) is 4.79 Å². The number of nitrogens with zero attached hydrogens (tertiary/aromatic N) is 2. The number of carbonyl (C=O) groups excluding carboxylic acids is 8. The summed E-state index contributed by atoms with van der Waals surface area (Å²) in [7, 11) is 0. The summed E-state index contributed by atoms with van der Waals surface area (Å²) in [6, 6.07) is 1.94. The van der Waals surface area contributed by atoms with E-state index in [1.54, 1.807) is 30.3 Å². The summed E-state index contributed by atoms with van der Waals surface area (Å²) in [5.41, 5.74) is 1.01. The number of rotatable bonds is 21. The van der Waals surface area contributed by atoms with Gasteiger partial charge in [0.1, 0.15) is 36.3 Å².